The molecule has 3 rings (SSSR count). The number of benzene rings is 1. The predicted octanol–water partition coefficient (Wildman–Crippen LogP) is 4.34. The number of ether oxygens (including phenoxy) is 1. The molecule has 2 heterocycles. The van der Waals surface area contributed by atoms with Crippen LogP contribution in [0.4, 0.5) is 13.2 Å². The molecule has 0 aliphatic heterocycles. The van der Waals surface area contributed by atoms with Crippen LogP contribution in [0.2, 0.25) is 0 Å². The minimum absolute atomic E-state index is 0.471. The third kappa shape index (κ3) is 2.52. The lowest BCUT2D eigenvalue weighted by Gasteiger charge is -2.06. The van der Waals surface area contributed by atoms with Crippen LogP contribution in [0.5, 0.6) is 5.75 Å². The van der Waals surface area contributed by atoms with Gasteiger partial charge in [-0.05, 0) is 42.8 Å². The van der Waals surface area contributed by atoms with E-state index in [-0.39, 0.29) is 0 Å². The molecule has 3 aromatic rings. The highest BCUT2D eigenvalue weighted by atomic mass is 19.4. The highest BCUT2D eigenvalue weighted by Gasteiger charge is 2.30. The van der Waals surface area contributed by atoms with Gasteiger partial charge in [0.05, 0.1) is 18.4 Å². The summed E-state index contributed by atoms with van der Waals surface area (Å²) in [6.07, 6.45) is -1.72. The molecule has 0 amide bonds. The molecule has 0 aliphatic carbocycles. The maximum atomic E-state index is 12.7. The Balaban J connectivity index is 2.09. The van der Waals surface area contributed by atoms with Crippen molar-refractivity contribution in [3.63, 3.8) is 0 Å². The summed E-state index contributed by atoms with van der Waals surface area (Å²) >= 11 is 0. The van der Waals surface area contributed by atoms with E-state index in [1.54, 1.807) is 19.4 Å². The average molecular weight is 306 g/mol. The maximum Gasteiger partial charge on any atom is 0.417 e. The van der Waals surface area contributed by atoms with Crippen molar-refractivity contribution in [3.8, 4) is 17.0 Å². The monoisotopic (exact) mass is 306 g/mol. The zero-order valence-corrected chi connectivity index (χ0v) is 12.0. The van der Waals surface area contributed by atoms with Gasteiger partial charge in [-0.3, -0.25) is 0 Å². The number of halogens is 3. The van der Waals surface area contributed by atoms with Crippen molar-refractivity contribution in [3.05, 3.63) is 53.9 Å². The van der Waals surface area contributed by atoms with Crippen LogP contribution >= 0.6 is 0 Å². The molecule has 0 radical (unpaired) electrons. The topological polar surface area (TPSA) is 26.5 Å². The van der Waals surface area contributed by atoms with Gasteiger partial charge >= 0.3 is 6.18 Å². The second kappa shape index (κ2) is 5.05. The number of alkyl halides is 3. The third-order valence-electron chi connectivity index (χ3n) is 3.49. The van der Waals surface area contributed by atoms with E-state index < -0.39 is 11.7 Å². The highest BCUT2D eigenvalue weighted by molar-refractivity contribution is 5.67. The molecule has 0 saturated heterocycles. The minimum atomic E-state index is -4.37. The van der Waals surface area contributed by atoms with Crippen LogP contribution in [0, 0.1) is 6.92 Å². The van der Waals surface area contributed by atoms with Gasteiger partial charge in [0.2, 0.25) is 0 Å². The van der Waals surface area contributed by atoms with Gasteiger partial charge in [-0.1, -0.05) is 0 Å². The van der Waals surface area contributed by atoms with Gasteiger partial charge in [0.1, 0.15) is 11.4 Å². The van der Waals surface area contributed by atoms with E-state index in [2.05, 4.69) is 4.98 Å². The van der Waals surface area contributed by atoms with Crippen LogP contribution in [0.15, 0.2) is 42.7 Å². The Morgan fingerprint density at radius 2 is 1.86 bits per heavy atom. The van der Waals surface area contributed by atoms with Crippen LogP contribution in [-0.4, -0.2) is 16.5 Å². The first kappa shape index (κ1) is 14.4. The smallest absolute Gasteiger partial charge is 0.417 e. The van der Waals surface area contributed by atoms with Gasteiger partial charge in [-0.2, -0.15) is 13.2 Å². The Morgan fingerprint density at radius 3 is 2.50 bits per heavy atom. The molecule has 3 nitrogen and oxygen atoms in total. The lowest BCUT2D eigenvalue weighted by molar-refractivity contribution is -0.137. The molecule has 1 aromatic carbocycles. The zero-order valence-electron chi connectivity index (χ0n) is 12.0. The van der Waals surface area contributed by atoms with Gasteiger partial charge in [0.15, 0.2) is 0 Å². The first-order valence-corrected chi connectivity index (χ1v) is 6.59. The number of nitrogens with zero attached hydrogens (tertiary/aromatic N) is 2. The standard InChI is InChI=1S/C16H13F3N2O/c1-10-7-12(22-2)4-5-13(10)14-9-21-8-11(16(17,18)19)3-6-15(21)20-14/h3-9H,1-2H3. The van der Waals surface area contributed by atoms with Crippen LogP contribution in [0.25, 0.3) is 16.9 Å². The lowest BCUT2D eigenvalue weighted by atomic mass is 10.1. The van der Waals surface area contributed by atoms with Crippen molar-refractivity contribution in [1.29, 1.82) is 0 Å². The van der Waals surface area contributed by atoms with Crippen LogP contribution in [0.3, 0.4) is 0 Å². The Bertz CT molecular complexity index is 837. The second-order valence-corrected chi connectivity index (χ2v) is 4.99. The SMILES string of the molecule is COc1ccc(-c2cn3cc(C(F)(F)F)ccc3n2)c(C)c1. The van der Waals surface area contributed by atoms with Gasteiger partial charge in [0.25, 0.3) is 0 Å². The average Bonchev–Trinajstić information content (AvgIpc) is 2.88. The first-order valence-electron chi connectivity index (χ1n) is 6.59. The van der Waals surface area contributed by atoms with Gasteiger partial charge in [0, 0.05) is 18.0 Å². The molecule has 0 aliphatic rings. The van der Waals surface area contributed by atoms with Crippen LogP contribution < -0.4 is 4.74 Å². The number of hydrogen-bond donors (Lipinski definition) is 0. The van der Waals surface area contributed by atoms with E-state index >= 15 is 0 Å². The van der Waals surface area contributed by atoms with Crippen molar-refractivity contribution in [2.24, 2.45) is 0 Å². The van der Waals surface area contributed by atoms with Crippen molar-refractivity contribution >= 4 is 5.65 Å². The number of aromatic nitrogens is 2. The summed E-state index contributed by atoms with van der Waals surface area (Å²) in [7, 11) is 1.58. The van der Waals surface area contributed by atoms with E-state index in [0.717, 1.165) is 29.1 Å². The quantitative estimate of drug-likeness (QED) is 0.704. The Hall–Kier alpha value is -2.50. The van der Waals surface area contributed by atoms with Crippen molar-refractivity contribution < 1.29 is 17.9 Å². The molecule has 22 heavy (non-hydrogen) atoms. The molecule has 0 unspecified atom stereocenters. The van der Waals surface area contributed by atoms with E-state index in [0.29, 0.717) is 11.3 Å². The number of imidazole rings is 1. The molecular formula is C16H13F3N2O. The van der Waals surface area contributed by atoms with E-state index in [1.165, 1.54) is 10.5 Å². The van der Waals surface area contributed by atoms with Crippen molar-refractivity contribution in [2.45, 2.75) is 13.1 Å². The van der Waals surface area contributed by atoms with E-state index in [4.69, 9.17) is 4.74 Å². The summed E-state index contributed by atoms with van der Waals surface area (Å²) < 4.78 is 44.8. The van der Waals surface area contributed by atoms with Gasteiger partial charge in [-0.15, -0.1) is 0 Å². The second-order valence-electron chi connectivity index (χ2n) is 4.99. The molecule has 6 heteroatoms. The third-order valence-corrected chi connectivity index (χ3v) is 3.49. The number of methoxy groups -OCH3 is 1. The fourth-order valence-corrected chi connectivity index (χ4v) is 2.34. The summed E-state index contributed by atoms with van der Waals surface area (Å²) in [6.45, 7) is 1.91. The summed E-state index contributed by atoms with van der Waals surface area (Å²) in [5.41, 5.74) is 2.20. The molecule has 0 N–H and O–H groups in total. The Labute approximate surface area is 125 Å². The molecular weight excluding hydrogens is 293 g/mol. The largest absolute Gasteiger partial charge is 0.497 e. The summed E-state index contributed by atoms with van der Waals surface area (Å²) in [5.74, 6) is 0.726. The number of rotatable bonds is 2. The molecule has 114 valence electrons. The fourth-order valence-electron chi connectivity index (χ4n) is 2.34. The summed E-state index contributed by atoms with van der Waals surface area (Å²) in [4.78, 5) is 4.38. The van der Waals surface area contributed by atoms with Crippen LogP contribution in [0.1, 0.15) is 11.1 Å². The fraction of sp³-hybridized carbons (Fsp3) is 0.188. The van der Waals surface area contributed by atoms with E-state index in [1.807, 2.05) is 19.1 Å². The summed E-state index contributed by atoms with van der Waals surface area (Å²) in [5, 5.41) is 0. The maximum absolute atomic E-state index is 12.7. The van der Waals surface area contributed by atoms with E-state index in [9.17, 15) is 13.2 Å². The normalized spacial score (nSPS) is 11.9. The number of aryl methyl sites for hydroxylation is 1. The highest BCUT2D eigenvalue weighted by Crippen LogP contribution is 2.31. The minimum Gasteiger partial charge on any atom is -0.497 e. The zero-order chi connectivity index (χ0) is 15.9. The number of pyridine rings is 1. The molecule has 0 saturated carbocycles. The van der Waals surface area contributed by atoms with Crippen molar-refractivity contribution in [2.75, 3.05) is 7.11 Å². The predicted molar refractivity (Wildman–Crippen MR) is 76.9 cm³/mol. The van der Waals surface area contributed by atoms with Gasteiger partial charge < -0.3 is 9.14 Å². The molecule has 2 aromatic heterocycles. The van der Waals surface area contributed by atoms with Gasteiger partial charge in [-0.25, -0.2) is 4.98 Å². The summed E-state index contributed by atoms with van der Waals surface area (Å²) in [6, 6.07) is 7.91. The van der Waals surface area contributed by atoms with Crippen molar-refractivity contribution in [1.82, 2.24) is 9.38 Å². The molecule has 0 atom stereocenters. The molecule has 0 fully saturated rings. The number of hydrogen-bond acceptors (Lipinski definition) is 2. The Morgan fingerprint density at radius 1 is 1.09 bits per heavy atom. The number of fused-ring (bicyclic) bond motifs is 1. The first-order chi connectivity index (χ1) is 10.4. The Kier molecular flexibility index (Phi) is 3.31. The lowest BCUT2D eigenvalue weighted by Crippen LogP contribution is -2.05. The molecule has 0 spiro atoms. The molecule has 0 bridgehead atoms. The van der Waals surface area contributed by atoms with Crippen LogP contribution in [-0.2, 0) is 6.18 Å².